The standard InChI is InChI=1S/C24H26ClN7O/c25-18-1-2-20-16(7-18)11-30(19-3-6-33-13-19)12-22-28-29-23(32(20)22)17-8-24(9-17)14-31(15-24)21-10-26-4-5-27-21/h1-2,4-5,7,10,17,19H,3,6,8-9,11-15H2/t19-/m1/s1. The van der Waals surface area contributed by atoms with Crippen LogP contribution in [0.2, 0.25) is 5.02 Å². The molecule has 0 amide bonds. The summed E-state index contributed by atoms with van der Waals surface area (Å²) in [6.45, 7) is 5.34. The molecule has 1 saturated carbocycles. The first-order valence-corrected chi connectivity index (χ1v) is 12.1. The van der Waals surface area contributed by atoms with Gasteiger partial charge in [-0.3, -0.25) is 14.5 Å². The van der Waals surface area contributed by atoms with E-state index in [9.17, 15) is 0 Å². The van der Waals surface area contributed by atoms with Crippen LogP contribution in [-0.2, 0) is 17.8 Å². The smallest absolute Gasteiger partial charge is 0.151 e. The van der Waals surface area contributed by atoms with Crippen molar-refractivity contribution in [1.29, 1.82) is 0 Å². The molecule has 3 aromatic rings. The highest BCUT2D eigenvalue weighted by molar-refractivity contribution is 6.30. The van der Waals surface area contributed by atoms with Gasteiger partial charge in [0, 0.05) is 61.0 Å². The summed E-state index contributed by atoms with van der Waals surface area (Å²) in [5, 5.41) is 10.2. The van der Waals surface area contributed by atoms with E-state index in [-0.39, 0.29) is 0 Å². The number of nitrogens with zero attached hydrogens (tertiary/aromatic N) is 7. The number of fused-ring (bicyclic) bond motifs is 3. The van der Waals surface area contributed by atoms with Crippen molar-refractivity contribution in [3.8, 4) is 5.69 Å². The van der Waals surface area contributed by atoms with Gasteiger partial charge in [-0.2, -0.15) is 0 Å². The third-order valence-corrected chi connectivity index (χ3v) is 8.06. The molecule has 7 rings (SSSR count). The SMILES string of the molecule is Clc1ccc2c(c1)CN([C@@H]1CCOC1)Cc1nnc(C3CC4(C3)CN(c3cnccn3)C4)n1-2. The van der Waals surface area contributed by atoms with Gasteiger partial charge in [-0.25, -0.2) is 4.98 Å². The number of hydrogen-bond donors (Lipinski definition) is 0. The van der Waals surface area contributed by atoms with E-state index in [1.807, 2.05) is 12.3 Å². The van der Waals surface area contributed by atoms with Crippen LogP contribution in [0.3, 0.4) is 0 Å². The minimum atomic E-state index is 0.370. The molecule has 9 heteroatoms. The average Bonchev–Trinajstić information content (AvgIpc) is 3.41. The maximum absolute atomic E-state index is 6.41. The molecule has 1 atom stereocenters. The molecule has 1 spiro atoms. The summed E-state index contributed by atoms with van der Waals surface area (Å²) in [5.74, 6) is 3.53. The number of anilines is 1. The van der Waals surface area contributed by atoms with E-state index < -0.39 is 0 Å². The fourth-order valence-corrected chi connectivity index (χ4v) is 6.38. The maximum atomic E-state index is 6.41. The summed E-state index contributed by atoms with van der Waals surface area (Å²) in [6.07, 6.45) is 8.69. The lowest BCUT2D eigenvalue weighted by Gasteiger charge is -2.59. The summed E-state index contributed by atoms with van der Waals surface area (Å²) in [6, 6.07) is 6.63. The third-order valence-electron chi connectivity index (χ3n) is 7.83. The van der Waals surface area contributed by atoms with E-state index in [0.717, 1.165) is 81.1 Å². The monoisotopic (exact) mass is 463 g/mol. The Balaban J connectivity index is 1.16. The highest BCUT2D eigenvalue weighted by Crippen LogP contribution is 2.56. The van der Waals surface area contributed by atoms with Crippen LogP contribution in [0.1, 0.15) is 42.4 Å². The Kier molecular flexibility index (Phi) is 4.51. The zero-order valence-corrected chi connectivity index (χ0v) is 19.2. The summed E-state index contributed by atoms with van der Waals surface area (Å²) in [4.78, 5) is 13.5. The topological polar surface area (TPSA) is 72.2 Å². The largest absolute Gasteiger partial charge is 0.380 e. The number of halogens is 1. The highest BCUT2D eigenvalue weighted by Gasteiger charge is 2.54. The fourth-order valence-electron chi connectivity index (χ4n) is 6.19. The lowest BCUT2D eigenvalue weighted by atomic mass is 9.57. The van der Waals surface area contributed by atoms with Crippen molar-refractivity contribution >= 4 is 17.4 Å². The number of benzene rings is 1. The molecule has 3 fully saturated rings. The predicted octanol–water partition coefficient (Wildman–Crippen LogP) is 3.20. The molecule has 170 valence electrons. The van der Waals surface area contributed by atoms with E-state index in [4.69, 9.17) is 21.4 Å². The zero-order chi connectivity index (χ0) is 22.0. The molecule has 2 saturated heterocycles. The average molecular weight is 464 g/mol. The van der Waals surface area contributed by atoms with Crippen molar-refractivity contribution in [2.24, 2.45) is 5.41 Å². The fraction of sp³-hybridized carbons (Fsp3) is 0.500. The van der Waals surface area contributed by atoms with Gasteiger partial charge in [0.1, 0.15) is 11.6 Å². The molecular weight excluding hydrogens is 438 g/mol. The molecular formula is C24H26ClN7O. The van der Waals surface area contributed by atoms with Crippen molar-refractivity contribution in [3.63, 3.8) is 0 Å². The molecule has 1 aliphatic carbocycles. The highest BCUT2D eigenvalue weighted by atomic mass is 35.5. The van der Waals surface area contributed by atoms with Crippen molar-refractivity contribution in [1.82, 2.24) is 29.6 Å². The second-order valence-corrected chi connectivity index (χ2v) is 10.5. The van der Waals surface area contributed by atoms with Gasteiger partial charge in [0.25, 0.3) is 0 Å². The van der Waals surface area contributed by atoms with Crippen molar-refractivity contribution in [2.75, 3.05) is 31.2 Å². The van der Waals surface area contributed by atoms with Crippen LogP contribution < -0.4 is 4.90 Å². The van der Waals surface area contributed by atoms with Crippen molar-refractivity contribution in [3.05, 3.63) is 59.0 Å². The molecule has 33 heavy (non-hydrogen) atoms. The van der Waals surface area contributed by atoms with Crippen LogP contribution in [0.25, 0.3) is 5.69 Å². The van der Waals surface area contributed by atoms with Gasteiger partial charge in [0.2, 0.25) is 0 Å². The van der Waals surface area contributed by atoms with Crippen LogP contribution >= 0.6 is 11.6 Å². The molecule has 0 N–H and O–H groups in total. The molecule has 0 unspecified atom stereocenters. The first kappa shape index (κ1) is 19.9. The Labute approximate surface area is 197 Å². The van der Waals surface area contributed by atoms with E-state index >= 15 is 0 Å². The third kappa shape index (κ3) is 3.26. The van der Waals surface area contributed by atoms with Gasteiger partial charge in [-0.15, -0.1) is 10.2 Å². The second-order valence-electron chi connectivity index (χ2n) is 10.0. The molecule has 0 bridgehead atoms. The number of ether oxygens (including phenoxy) is 1. The Morgan fingerprint density at radius 2 is 2.00 bits per heavy atom. The second kappa shape index (κ2) is 7.48. The molecule has 8 nitrogen and oxygen atoms in total. The normalized spacial score (nSPS) is 24.2. The Morgan fingerprint density at radius 1 is 1.09 bits per heavy atom. The first-order valence-electron chi connectivity index (χ1n) is 11.7. The Bertz CT molecular complexity index is 1180. The van der Waals surface area contributed by atoms with Gasteiger partial charge >= 0.3 is 0 Å². The zero-order valence-electron chi connectivity index (χ0n) is 18.4. The van der Waals surface area contributed by atoms with Gasteiger partial charge in [0.15, 0.2) is 5.82 Å². The maximum Gasteiger partial charge on any atom is 0.151 e. The van der Waals surface area contributed by atoms with Crippen LogP contribution in [0, 0.1) is 5.41 Å². The molecule has 0 radical (unpaired) electrons. The van der Waals surface area contributed by atoms with Gasteiger partial charge in [0.05, 0.1) is 25.0 Å². The minimum Gasteiger partial charge on any atom is -0.380 e. The van der Waals surface area contributed by atoms with Crippen molar-refractivity contribution < 1.29 is 4.74 Å². The van der Waals surface area contributed by atoms with Crippen LogP contribution in [0.5, 0.6) is 0 Å². The Morgan fingerprint density at radius 3 is 2.79 bits per heavy atom. The predicted molar refractivity (Wildman–Crippen MR) is 123 cm³/mol. The summed E-state index contributed by atoms with van der Waals surface area (Å²) in [5.41, 5.74) is 2.78. The van der Waals surface area contributed by atoms with E-state index in [1.165, 1.54) is 11.3 Å². The molecule has 2 aromatic heterocycles. The number of aromatic nitrogens is 5. The van der Waals surface area contributed by atoms with Crippen LogP contribution in [0.4, 0.5) is 5.82 Å². The molecule has 1 aromatic carbocycles. The van der Waals surface area contributed by atoms with Gasteiger partial charge in [-0.05, 0) is 43.0 Å². The summed E-state index contributed by atoms with van der Waals surface area (Å²) in [7, 11) is 0. The van der Waals surface area contributed by atoms with E-state index in [2.05, 4.69) is 41.6 Å². The van der Waals surface area contributed by atoms with Crippen molar-refractivity contribution in [2.45, 2.75) is 44.3 Å². The molecule has 3 aliphatic heterocycles. The first-order chi connectivity index (χ1) is 16.2. The lowest BCUT2D eigenvalue weighted by molar-refractivity contribution is 0.0581. The summed E-state index contributed by atoms with van der Waals surface area (Å²) < 4.78 is 8.00. The van der Waals surface area contributed by atoms with Gasteiger partial charge in [-0.1, -0.05) is 11.6 Å². The number of rotatable bonds is 3. The summed E-state index contributed by atoms with van der Waals surface area (Å²) >= 11 is 6.41. The van der Waals surface area contributed by atoms with Gasteiger partial charge < -0.3 is 9.64 Å². The molecule has 4 aliphatic rings. The van der Waals surface area contributed by atoms with E-state index in [1.54, 1.807) is 12.4 Å². The quantitative estimate of drug-likeness (QED) is 0.590. The Hall–Kier alpha value is -2.55. The minimum absolute atomic E-state index is 0.370. The van der Waals surface area contributed by atoms with Crippen LogP contribution in [0.15, 0.2) is 36.8 Å². The van der Waals surface area contributed by atoms with Crippen LogP contribution in [-0.4, -0.2) is 62.0 Å². The lowest BCUT2D eigenvalue weighted by Crippen LogP contribution is -2.62. The van der Waals surface area contributed by atoms with E-state index in [0.29, 0.717) is 17.4 Å². The molecule has 5 heterocycles. The number of hydrogen-bond acceptors (Lipinski definition) is 7.